The van der Waals surface area contributed by atoms with E-state index in [1.54, 1.807) is 12.1 Å². The third kappa shape index (κ3) is 5.43. The predicted molar refractivity (Wildman–Crippen MR) is 222 cm³/mol. The largest absolute Gasteiger partial charge is 0.456 e. The van der Waals surface area contributed by atoms with Crippen LogP contribution in [0, 0.1) is 11.3 Å². The highest BCUT2D eigenvalue weighted by atomic mass is 16.5. The Balaban J connectivity index is 1.12. The molecule has 0 spiro atoms. The number of nitriles is 1. The Morgan fingerprint density at radius 1 is 0.429 bits per heavy atom. The van der Waals surface area contributed by atoms with Crippen molar-refractivity contribution in [3.63, 3.8) is 0 Å². The molecule has 0 unspecified atom stereocenters. The number of benzene rings is 8. The smallest absolute Gasteiger partial charge is 0.164 e. The van der Waals surface area contributed by atoms with Gasteiger partial charge in [0, 0.05) is 33.4 Å². The molecule has 2 heterocycles. The summed E-state index contributed by atoms with van der Waals surface area (Å²) in [6, 6.07) is 68.6. The molecule has 1 aliphatic heterocycles. The van der Waals surface area contributed by atoms with Crippen LogP contribution < -0.4 is 4.74 Å². The second-order valence-electron chi connectivity index (χ2n) is 13.9. The van der Waals surface area contributed by atoms with E-state index in [2.05, 4.69) is 152 Å². The Labute approximate surface area is 324 Å². The fourth-order valence-corrected chi connectivity index (χ4v) is 8.12. The summed E-state index contributed by atoms with van der Waals surface area (Å²) in [4.78, 5) is 15.0. The number of hydrogen-bond acceptors (Lipinski definition) is 5. The second kappa shape index (κ2) is 13.6. The van der Waals surface area contributed by atoms with Gasteiger partial charge in [0.15, 0.2) is 17.5 Å². The first kappa shape index (κ1) is 32.9. The average Bonchev–Trinajstić information content (AvgIpc) is 3.28. The zero-order valence-electron chi connectivity index (χ0n) is 30.2. The number of rotatable bonds is 6. The van der Waals surface area contributed by atoms with Crippen LogP contribution in [0.15, 0.2) is 194 Å². The Bertz CT molecular complexity index is 2890. The molecule has 8 aromatic carbocycles. The maximum Gasteiger partial charge on any atom is 0.164 e. The molecule has 5 nitrogen and oxygen atoms in total. The summed E-state index contributed by atoms with van der Waals surface area (Å²) in [5.41, 5.74) is 9.09. The molecular weight excluding hydrogens is 685 g/mol. The van der Waals surface area contributed by atoms with Crippen molar-refractivity contribution in [2.75, 3.05) is 0 Å². The van der Waals surface area contributed by atoms with E-state index in [0.29, 0.717) is 23.0 Å². The van der Waals surface area contributed by atoms with E-state index >= 15 is 0 Å². The number of nitrogens with zero attached hydrogens (tertiary/aromatic N) is 4. The SMILES string of the molecule is N#Cc1ccc(-c2nc(-c3ccc(-c4cccc5c4Oc4ccccc4C5(c4ccccc4)c4ccccc4)cc3)nc(-c3cccc4ccccc34)n2)cc1. The summed E-state index contributed by atoms with van der Waals surface area (Å²) in [6.07, 6.45) is 0. The fraction of sp³-hybridized carbons (Fsp3) is 0.0196. The molecule has 0 fully saturated rings. The van der Waals surface area contributed by atoms with Gasteiger partial charge in [0.2, 0.25) is 0 Å². The van der Waals surface area contributed by atoms with E-state index in [1.807, 2.05) is 36.4 Å². The highest BCUT2D eigenvalue weighted by molar-refractivity contribution is 5.95. The zero-order valence-corrected chi connectivity index (χ0v) is 30.2. The molecule has 0 saturated carbocycles. The lowest BCUT2D eigenvalue weighted by atomic mass is 9.63. The first-order valence-electron chi connectivity index (χ1n) is 18.6. The van der Waals surface area contributed by atoms with E-state index in [9.17, 15) is 5.26 Å². The zero-order chi connectivity index (χ0) is 37.5. The van der Waals surface area contributed by atoms with Gasteiger partial charge in [-0.25, -0.2) is 15.0 Å². The molecule has 262 valence electrons. The monoisotopic (exact) mass is 716 g/mol. The molecule has 0 radical (unpaired) electrons. The maximum absolute atomic E-state index is 9.43. The van der Waals surface area contributed by atoms with Gasteiger partial charge in [-0.2, -0.15) is 5.26 Å². The quantitative estimate of drug-likeness (QED) is 0.171. The lowest BCUT2D eigenvalue weighted by Crippen LogP contribution is -2.34. The number of para-hydroxylation sites is 2. The fourth-order valence-electron chi connectivity index (χ4n) is 8.12. The minimum Gasteiger partial charge on any atom is -0.456 e. The molecule has 0 atom stereocenters. The number of ether oxygens (including phenoxy) is 1. The van der Waals surface area contributed by atoms with Crippen LogP contribution in [0.25, 0.3) is 56.1 Å². The summed E-state index contributed by atoms with van der Waals surface area (Å²) >= 11 is 0. The Kier molecular flexibility index (Phi) is 8.01. The number of hydrogen-bond donors (Lipinski definition) is 0. The van der Waals surface area contributed by atoms with Crippen molar-refractivity contribution in [1.82, 2.24) is 15.0 Å². The van der Waals surface area contributed by atoms with Gasteiger partial charge >= 0.3 is 0 Å². The van der Waals surface area contributed by atoms with Crippen molar-refractivity contribution in [3.05, 3.63) is 222 Å². The van der Waals surface area contributed by atoms with Crippen LogP contribution in [0.1, 0.15) is 27.8 Å². The van der Waals surface area contributed by atoms with E-state index in [-0.39, 0.29) is 0 Å². The summed E-state index contributed by atoms with van der Waals surface area (Å²) in [5, 5.41) is 11.6. The van der Waals surface area contributed by atoms with Crippen LogP contribution in [0.3, 0.4) is 0 Å². The van der Waals surface area contributed by atoms with Crippen LogP contribution in [0.5, 0.6) is 11.5 Å². The van der Waals surface area contributed by atoms with Gasteiger partial charge in [-0.3, -0.25) is 0 Å². The lowest BCUT2D eigenvalue weighted by molar-refractivity contribution is 0.436. The Morgan fingerprint density at radius 3 is 1.64 bits per heavy atom. The van der Waals surface area contributed by atoms with E-state index in [4.69, 9.17) is 19.7 Å². The van der Waals surface area contributed by atoms with Gasteiger partial charge in [-0.05, 0) is 57.8 Å². The minimum absolute atomic E-state index is 0.536. The standard InChI is InChI=1S/C51H32N4O/c52-33-34-25-27-37(28-26-34)48-53-49(55-50(54-48)43-21-11-14-35-13-7-8-19-41(35)43)38-31-29-36(30-32-38)42-20-12-23-45-47(42)56-46-24-10-9-22-44(46)51(45,39-15-3-1-4-16-39)40-17-5-2-6-18-40/h1-32H. The van der Waals surface area contributed by atoms with Gasteiger partial charge < -0.3 is 4.74 Å². The summed E-state index contributed by atoms with van der Waals surface area (Å²) < 4.78 is 6.90. The third-order valence-corrected chi connectivity index (χ3v) is 10.7. The van der Waals surface area contributed by atoms with E-state index < -0.39 is 5.41 Å². The molecule has 10 rings (SSSR count). The first-order valence-corrected chi connectivity index (χ1v) is 18.6. The van der Waals surface area contributed by atoms with Gasteiger partial charge in [-0.1, -0.05) is 164 Å². The normalized spacial score (nSPS) is 12.6. The van der Waals surface area contributed by atoms with Crippen LogP contribution in [0.4, 0.5) is 0 Å². The molecule has 0 N–H and O–H groups in total. The van der Waals surface area contributed by atoms with Gasteiger partial charge in [0.25, 0.3) is 0 Å². The van der Waals surface area contributed by atoms with Crippen LogP contribution >= 0.6 is 0 Å². The highest BCUT2D eigenvalue weighted by Gasteiger charge is 2.45. The molecule has 0 amide bonds. The summed E-state index contributed by atoms with van der Waals surface area (Å²) in [7, 11) is 0. The van der Waals surface area contributed by atoms with Gasteiger partial charge in [0.05, 0.1) is 17.0 Å². The number of aromatic nitrogens is 3. The third-order valence-electron chi connectivity index (χ3n) is 10.7. The lowest BCUT2D eigenvalue weighted by Gasteiger charge is -2.42. The van der Waals surface area contributed by atoms with Gasteiger partial charge in [0.1, 0.15) is 11.5 Å². The van der Waals surface area contributed by atoms with E-state index in [1.165, 1.54) is 11.1 Å². The molecular formula is C51H32N4O. The van der Waals surface area contributed by atoms with Crippen LogP contribution in [0.2, 0.25) is 0 Å². The van der Waals surface area contributed by atoms with Crippen LogP contribution in [-0.4, -0.2) is 15.0 Å². The molecule has 1 aromatic heterocycles. The minimum atomic E-state index is -0.604. The summed E-state index contributed by atoms with van der Waals surface area (Å²) in [6.45, 7) is 0. The van der Waals surface area contributed by atoms with Crippen molar-refractivity contribution >= 4 is 10.8 Å². The Hall–Kier alpha value is -7.68. The Morgan fingerprint density at radius 2 is 0.946 bits per heavy atom. The molecule has 56 heavy (non-hydrogen) atoms. The molecule has 0 bridgehead atoms. The molecule has 0 saturated heterocycles. The van der Waals surface area contributed by atoms with Crippen LogP contribution in [-0.2, 0) is 5.41 Å². The topological polar surface area (TPSA) is 71.7 Å². The molecule has 5 heteroatoms. The molecule has 9 aromatic rings. The predicted octanol–water partition coefficient (Wildman–Crippen LogP) is 12.1. The van der Waals surface area contributed by atoms with Crippen molar-refractivity contribution < 1.29 is 4.74 Å². The second-order valence-corrected chi connectivity index (χ2v) is 13.9. The van der Waals surface area contributed by atoms with Crippen molar-refractivity contribution in [2.24, 2.45) is 0 Å². The van der Waals surface area contributed by atoms with Crippen molar-refractivity contribution in [3.8, 4) is 62.9 Å². The van der Waals surface area contributed by atoms with Crippen molar-refractivity contribution in [2.45, 2.75) is 5.41 Å². The van der Waals surface area contributed by atoms with Gasteiger partial charge in [-0.15, -0.1) is 0 Å². The molecule has 0 aliphatic carbocycles. The van der Waals surface area contributed by atoms with Crippen molar-refractivity contribution in [1.29, 1.82) is 5.26 Å². The average molecular weight is 717 g/mol. The van der Waals surface area contributed by atoms with E-state index in [0.717, 1.165) is 61.2 Å². The maximum atomic E-state index is 9.43. The first-order chi connectivity index (χ1) is 27.7. The number of fused-ring (bicyclic) bond motifs is 3. The molecule has 1 aliphatic rings. The highest BCUT2D eigenvalue weighted by Crippen LogP contribution is 2.57. The summed E-state index contributed by atoms with van der Waals surface area (Å²) in [5.74, 6) is 3.33.